The lowest BCUT2D eigenvalue weighted by molar-refractivity contribution is -0.135. The van der Waals surface area contributed by atoms with Gasteiger partial charge in [0.2, 0.25) is 11.8 Å². The maximum Gasteiger partial charge on any atom is 0.236 e. The molecule has 0 aliphatic rings. The van der Waals surface area contributed by atoms with Gasteiger partial charge in [-0.2, -0.15) is 0 Å². The predicted octanol–water partition coefficient (Wildman–Crippen LogP) is 3.00. The van der Waals surface area contributed by atoms with E-state index in [-0.39, 0.29) is 48.4 Å². The zero-order valence-corrected chi connectivity index (χ0v) is 21.1. The van der Waals surface area contributed by atoms with Gasteiger partial charge in [-0.15, -0.1) is 0 Å². The van der Waals surface area contributed by atoms with Crippen molar-refractivity contribution in [1.29, 1.82) is 0 Å². The highest BCUT2D eigenvalue weighted by molar-refractivity contribution is 6.04. The number of anilines is 1. The number of hydrogen-bond acceptors (Lipinski definition) is 6. The summed E-state index contributed by atoms with van der Waals surface area (Å²) in [5.74, 6) is -0.363. The topological polar surface area (TPSA) is 101 Å². The van der Waals surface area contributed by atoms with Crippen LogP contribution >= 0.6 is 0 Å². The van der Waals surface area contributed by atoms with Crippen LogP contribution in [0.4, 0.5) is 5.69 Å². The molecule has 0 saturated carbocycles. The summed E-state index contributed by atoms with van der Waals surface area (Å²) in [6.45, 7) is 6.58. The lowest BCUT2D eigenvalue weighted by Crippen LogP contribution is -2.36. The summed E-state index contributed by atoms with van der Waals surface area (Å²) >= 11 is 0. The monoisotopic (exact) mass is 474 g/mol. The molecule has 0 saturated heterocycles. The molecule has 0 unspecified atom stereocenters. The van der Waals surface area contributed by atoms with Crippen molar-refractivity contribution < 1.29 is 28.7 Å². The number of Topliss-reactive ketones (excluding diaryl/α,β-unsaturated/α-hetero) is 3. The molecule has 0 aliphatic carbocycles. The van der Waals surface area contributed by atoms with Crippen molar-refractivity contribution in [2.24, 2.45) is 5.92 Å². The summed E-state index contributed by atoms with van der Waals surface area (Å²) in [5.41, 5.74) is 1.37. The Kier molecular flexibility index (Phi) is 13.0. The van der Waals surface area contributed by atoms with Crippen molar-refractivity contribution in [3.05, 3.63) is 29.8 Å². The summed E-state index contributed by atoms with van der Waals surface area (Å²) in [4.78, 5) is 62.2. The van der Waals surface area contributed by atoms with Gasteiger partial charge >= 0.3 is 0 Å². The van der Waals surface area contributed by atoms with Gasteiger partial charge in [-0.3, -0.25) is 24.0 Å². The van der Waals surface area contributed by atoms with Gasteiger partial charge in [-0.05, 0) is 37.0 Å². The molecular weight excluding hydrogens is 436 g/mol. The Bertz CT molecular complexity index is 847. The van der Waals surface area contributed by atoms with Crippen molar-refractivity contribution in [1.82, 2.24) is 4.90 Å². The quantitative estimate of drug-likeness (QED) is 0.270. The first-order valence-electron chi connectivity index (χ1n) is 11.7. The average molecular weight is 475 g/mol. The highest BCUT2D eigenvalue weighted by Gasteiger charge is 2.18. The van der Waals surface area contributed by atoms with Crippen LogP contribution in [0.3, 0.4) is 0 Å². The minimum atomic E-state index is -0.346. The van der Waals surface area contributed by atoms with Crippen LogP contribution in [0.1, 0.15) is 58.4 Å². The van der Waals surface area contributed by atoms with E-state index in [0.717, 1.165) is 5.56 Å². The maximum absolute atomic E-state index is 12.5. The first-order valence-corrected chi connectivity index (χ1v) is 11.7. The SMILES string of the molecule is CC(=O)CC(=O)Cc1ccc(N(C)C(=O)CC(=O)N(C)CCOCCCC(=O)CC(C)C)cc1. The van der Waals surface area contributed by atoms with Gasteiger partial charge in [0, 0.05) is 52.2 Å². The molecular formula is C26H38N2O6. The number of rotatable bonds is 16. The number of carbonyl (C=O) groups is 5. The van der Waals surface area contributed by atoms with E-state index in [2.05, 4.69) is 0 Å². The third-order valence-corrected chi connectivity index (χ3v) is 5.22. The maximum atomic E-state index is 12.5. The van der Waals surface area contributed by atoms with Crippen molar-refractivity contribution >= 4 is 34.9 Å². The van der Waals surface area contributed by atoms with Crippen LogP contribution in [0.2, 0.25) is 0 Å². The normalized spacial score (nSPS) is 10.8. The van der Waals surface area contributed by atoms with E-state index in [4.69, 9.17) is 4.74 Å². The zero-order chi connectivity index (χ0) is 25.7. The molecule has 0 heterocycles. The van der Waals surface area contributed by atoms with Crippen molar-refractivity contribution in [3.8, 4) is 0 Å². The van der Waals surface area contributed by atoms with Crippen molar-refractivity contribution in [3.63, 3.8) is 0 Å². The third kappa shape index (κ3) is 11.8. The Morgan fingerprint density at radius 3 is 2.12 bits per heavy atom. The molecule has 8 nitrogen and oxygen atoms in total. The molecule has 0 spiro atoms. The number of benzene rings is 1. The van der Waals surface area contributed by atoms with Gasteiger partial charge in [0.25, 0.3) is 0 Å². The second kappa shape index (κ2) is 15.1. The number of hydrogen-bond donors (Lipinski definition) is 0. The van der Waals surface area contributed by atoms with E-state index in [9.17, 15) is 24.0 Å². The smallest absolute Gasteiger partial charge is 0.236 e. The Morgan fingerprint density at radius 2 is 1.53 bits per heavy atom. The van der Waals surface area contributed by atoms with E-state index in [1.54, 1.807) is 38.4 Å². The van der Waals surface area contributed by atoms with Crippen LogP contribution in [-0.4, -0.2) is 67.9 Å². The molecule has 188 valence electrons. The molecule has 0 aliphatic heterocycles. The minimum Gasteiger partial charge on any atom is -0.380 e. The summed E-state index contributed by atoms with van der Waals surface area (Å²) in [7, 11) is 3.22. The number of amides is 2. The summed E-state index contributed by atoms with van der Waals surface area (Å²) in [6.07, 6.45) is 1.57. The molecule has 0 aromatic heterocycles. The van der Waals surface area contributed by atoms with Gasteiger partial charge in [-0.25, -0.2) is 0 Å². The lowest BCUT2D eigenvalue weighted by Gasteiger charge is -2.21. The zero-order valence-electron chi connectivity index (χ0n) is 21.1. The molecule has 34 heavy (non-hydrogen) atoms. The Hall–Kier alpha value is -2.87. The summed E-state index contributed by atoms with van der Waals surface area (Å²) in [5, 5.41) is 0. The van der Waals surface area contributed by atoms with Crippen LogP contribution in [0, 0.1) is 5.92 Å². The van der Waals surface area contributed by atoms with Gasteiger partial charge in [0.15, 0.2) is 0 Å². The second-order valence-corrected chi connectivity index (χ2v) is 9.06. The molecule has 0 bridgehead atoms. The van der Waals surface area contributed by atoms with Crippen LogP contribution in [0.15, 0.2) is 24.3 Å². The van der Waals surface area contributed by atoms with E-state index in [1.165, 1.54) is 16.7 Å². The second-order valence-electron chi connectivity index (χ2n) is 9.06. The molecule has 0 radical (unpaired) electrons. The number of carbonyl (C=O) groups excluding carboxylic acids is 5. The molecule has 0 N–H and O–H groups in total. The highest BCUT2D eigenvalue weighted by Crippen LogP contribution is 2.16. The molecule has 1 aromatic carbocycles. The Labute approximate surface area is 202 Å². The Balaban J connectivity index is 2.37. The van der Waals surface area contributed by atoms with Crippen LogP contribution in [-0.2, 0) is 35.1 Å². The first kappa shape index (κ1) is 29.2. The third-order valence-electron chi connectivity index (χ3n) is 5.22. The standard InChI is InChI=1S/C26H38N2O6/c1-19(2)15-23(30)7-6-13-34-14-12-27(4)25(32)18-26(33)28(5)22-10-8-21(9-11-22)17-24(31)16-20(3)29/h8-11,19H,6-7,12-18H2,1-5H3. The van der Waals surface area contributed by atoms with Gasteiger partial charge in [0.05, 0.1) is 13.0 Å². The molecule has 0 atom stereocenters. The van der Waals surface area contributed by atoms with E-state index >= 15 is 0 Å². The van der Waals surface area contributed by atoms with Gasteiger partial charge < -0.3 is 14.5 Å². The predicted molar refractivity (Wildman–Crippen MR) is 131 cm³/mol. The fraction of sp³-hybridized carbons (Fsp3) is 0.577. The Morgan fingerprint density at radius 1 is 0.882 bits per heavy atom. The fourth-order valence-corrected chi connectivity index (χ4v) is 3.29. The number of nitrogens with zero attached hydrogens (tertiary/aromatic N) is 2. The lowest BCUT2D eigenvalue weighted by atomic mass is 10.0. The molecule has 8 heteroatoms. The average Bonchev–Trinajstić information content (AvgIpc) is 2.74. The molecule has 0 fully saturated rings. The molecule has 1 aromatic rings. The molecule has 2 amide bonds. The van der Waals surface area contributed by atoms with E-state index in [1.807, 2.05) is 13.8 Å². The summed E-state index contributed by atoms with van der Waals surface area (Å²) < 4.78 is 5.51. The van der Waals surface area contributed by atoms with Crippen LogP contribution in [0.25, 0.3) is 0 Å². The van der Waals surface area contributed by atoms with E-state index in [0.29, 0.717) is 50.6 Å². The number of ether oxygens (including phenoxy) is 1. The van der Waals surface area contributed by atoms with Crippen molar-refractivity contribution in [2.75, 3.05) is 38.8 Å². The minimum absolute atomic E-state index is 0.0845. The first-order chi connectivity index (χ1) is 16.0. The fourth-order valence-electron chi connectivity index (χ4n) is 3.29. The highest BCUT2D eigenvalue weighted by atomic mass is 16.5. The number of likely N-dealkylation sites (N-methyl/N-ethyl adjacent to an activating group) is 1. The largest absolute Gasteiger partial charge is 0.380 e. The van der Waals surface area contributed by atoms with E-state index < -0.39 is 0 Å². The van der Waals surface area contributed by atoms with Crippen molar-refractivity contribution in [2.45, 2.75) is 59.3 Å². The summed E-state index contributed by atoms with van der Waals surface area (Å²) in [6, 6.07) is 6.89. The van der Waals surface area contributed by atoms with Crippen LogP contribution in [0.5, 0.6) is 0 Å². The van der Waals surface area contributed by atoms with Gasteiger partial charge in [0.1, 0.15) is 23.8 Å². The van der Waals surface area contributed by atoms with Crippen LogP contribution < -0.4 is 4.90 Å². The number of ketones is 3. The molecule has 1 rings (SSSR count). The van der Waals surface area contributed by atoms with Gasteiger partial charge in [-0.1, -0.05) is 26.0 Å².